The van der Waals surface area contributed by atoms with E-state index in [0.717, 1.165) is 18.4 Å². The fourth-order valence-electron chi connectivity index (χ4n) is 2.78. The minimum atomic E-state index is -1.02. The zero-order valence-corrected chi connectivity index (χ0v) is 11.9. The van der Waals surface area contributed by atoms with Crippen LogP contribution in [0.2, 0.25) is 0 Å². The van der Waals surface area contributed by atoms with Gasteiger partial charge in [-0.1, -0.05) is 6.07 Å². The smallest absolute Gasteiger partial charge is 0.173 e. The highest BCUT2D eigenvalue weighted by molar-refractivity contribution is 7.10. The third-order valence-electron chi connectivity index (χ3n) is 3.91. The van der Waals surface area contributed by atoms with E-state index in [0.29, 0.717) is 6.42 Å². The summed E-state index contributed by atoms with van der Waals surface area (Å²) in [6, 6.07) is 4.80. The van der Waals surface area contributed by atoms with Crippen LogP contribution in [-0.4, -0.2) is 5.78 Å². The van der Waals surface area contributed by atoms with E-state index in [1.165, 1.54) is 23.9 Å². The van der Waals surface area contributed by atoms with E-state index in [1.807, 2.05) is 11.4 Å². The summed E-state index contributed by atoms with van der Waals surface area (Å²) in [5, 5.41) is 1.96. The molecule has 0 amide bonds. The molecule has 0 saturated carbocycles. The normalized spacial score (nSPS) is 17.9. The molecule has 1 unspecified atom stereocenters. The van der Waals surface area contributed by atoms with E-state index in [1.54, 1.807) is 11.3 Å². The van der Waals surface area contributed by atoms with Gasteiger partial charge in [0.1, 0.15) is 0 Å². The molecule has 0 radical (unpaired) electrons. The molecule has 0 fully saturated rings. The van der Waals surface area contributed by atoms with E-state index in [-0.39, 0.29) is 22.8 Å². The molecule has 1 atom stereocenters. The van der Waals surface area contributed by atoms with E-state index in [4.69, 9.17) is 0 Å². The lowest BCUT2D eigenvalue weighted by Crippen LogP contribution is -2.19. The molecule has 0 bridgehead atoms. The second-order valence-electron chi connectivity index (χ2n) is 5.17. The highest BCUT2D eigenvalue weighted by atomic mass is 32.1. The molecule has 1 aromatic heterocycles. The Bertz CT molecular complexity index is 675. The first-order chi connectivity index (χ1) is 9.59. The number of carbonyl (C=O) groups is 1. The molecule has 1 heterocycles. The molecule has 2 aromatic rings. The Labute approximate surface area is 120 Å². The molecule has 1 aliphatic rings. The fourth-order valence-corrected chi connectivity index (χ4v) is 3.77. The number of halogens is 2. The lowest BCUT2D eigenvalue weighted by molar-refractivity contribution is 0.0946. The Kier molecular flexibility index (Phi) is 3.42. The number of Topliss-reactive ketones (excluding diaryl/α,β-unsaturated/α-hetero) is 1. The summed E-state index contributed by atoms with van der Waals surface area (Å²) < 4.78 is 27.6. The molecule has 0 N–H and O–H groups in total. The van der Waals surface area contributed by atoms with Gasteiger partial charge in [0.2, 0.25) is 0 Å². The number of ketones is 1. The zero-order chi connectivity index (χ0) is 14.3. The van der Waals surface area contributed by atoms with Crippen LogP contribution >= 0.6 is 11.3 Å². The van der Waals surface area contributed by atoms with Gasteiger partial charge >= 0.3 is 0 Å². The van der Waals surface area contributed by atoms with Crippen molar-refractivity contribution < 1.29 is 13.6 Å². The van der Waals surface area contributed by atoms with Gasteiger partial charge in [0.15, 0.2) is 17.4 Å². The van der Waals surface area contributed by atoms with Crippen molar-refractivity contribution in [3.05, 3.63) is 56.8 Å². The third-order valence-corrected chi connectivity index (χ3v) is 4.91. The number of rotatable bonds is 2. The molecule has 20 heavy (non-hydrogen) atoms. The Morgan fingerprint density at radius 2 is 2.05 bits per heavy atom. The van der Waals surface area contributed by atoms with Gasteiger partial charge < -0.3 is 0 Å². The van der Waals surface area contributed by atoms with Gasteiger partial charge in [-0.25, -0.2) is 8.78 Å². The van der Waals surface area contributed by atoms with Crippen molar-refractivity contribution in [2.75, 3.05) is 0 Å². The number of thiophene rings is 1. The van der Waals surface area contributed by atoms with Gasteiger partial charge in [-0.3, -0.25) is 4.79 Å². The topological polar surface area (TPSA) is 17.1 Å². The molecule has 4 heteroatoms. The average molecular weight is 292 g/mol. The lowest BCUT2D eigenvalue weighted by atomic mass is 9.82. The van der Waals surface area contributed by atoms with Crippen LogP contribution in [-0.2, 0) is 6.42 Å². The van der Waals surface area contributed by atoms with Gasteiger partial charge in [0.25, 0.3) is 0 Å². The monoisotopic (exact) mass is 292 g/mol. The summed E-state index contributed by atoms with van der Waals surface area (Å²) >= 11 is 1.63. The van der Waals surface area contributed by atoms with Gasteiger partial charge in [-0.15, -0.1) is 11.3 Å². The Morgan fingerprint density at radius 1 is 1.25 bits per heavy atom. The van der Waals surface area contributed by atoms with E-state index >= 15 is 0 Å². The van der Waals surface area contributed by atoms with Crippen LogP contribution in [0.25, 0.3) is 0 Å². The Hall–Kier alpha value is -1.55. The number of fused-ring (bicyclic) bond motifs is 1. The van der Waals surface area contributed by atoms with Crippen LogP contribution in [0.5, 0.6) is 0 Å². The summed E-state index contributed by atoms with van der Waals surface area (Å²) in [7, 11) is 0. The largest absolute Gasteiger partial charge is 0.293 e. The number of aryl methyl sites for hydroxylation is 2. The second kappa shape index (κ2) is 5.09. The SMILES string of the molecule is Cc1ccc(C(=O)C2CCCc3sccc32)c(F)c1F. The third kappa shape index (κ3) is 2.08. The van der Waals surface area contributed by atoms with Gasteiger partial charge in [0.05, 0.1) is 5.56 Å². The quantitative estimate of drug-likeness (QED) is 0.737. The van der Waals surface area contributed by atoms with Crippen molar-refractivity contribution >= 4 is 17.1 Å². The molecular weight excluding hydrogens is 278 g/mol. The maximum absolute atomic E-state index is 14.0. The van der Waals surface area contributed by atoms with Crippen LogP contribution in [0.15, 0.2) is 23.6 Å². The Morgan fingerprint density at radius 3 is 2.85 bits per heavy atom. The molecule has 1 nitrogen and oxygen atoms in total. The number of hydrogen-bond acceptors (Lipinski definition) is 2. The van der Waals surface area contributed by atoms with Crippen molar-refractivity contribution in [1.29, 1.82) is 0 Å². The van der Waals surface area contributed by atoms with Crippen molar-refractivity contribution in [3.63, 3.8) is 0 Å². The summed E-state index contributed by atoms with van der Waals surface area (Å²) in [5.41, 5.74) is 1.09. The first-order valence-corrected chi connectivity index (χ1v) is 7.52. The van der Waals surface area contributed by atoms with Crippen molar-refractivity contribution in [2.24, 2.45) is 0 Å². The van der Waals surface area contributed by atoms with Crippen LogP contribution in [0.1, 0.15) is 45.1 Å². The van der Waals surface area contributed by atoms with Gasteiger partial charge in [0, 0.05) is 10.8 Å². The molecule has 3 rings (SSSR count). The number of carbonyl (C=O) groups excluding carboxylic acids is 1. The maximum Gasteiger partial charge on any atom is 0.173 e. The van der Waals surface area contributed by atoms with E-state index < -0.39 is 11.6 Å². The molecule has 1 aromatic carbocycles. The van der Waals surface area contributed by atoms with Crippen LogP contribution in [0.4, 0.5) is 8.78 Å². The van der Waals surface area contributed by atoms with Crippen molar-refractivity contribution in [3.8, 4) is 0 Å². The predicted octanol–water partition coefficient (Wildman–Crippen LogP) is 4.64. The summed E-state index contributed by atoms with van der Waals surface area (Å²) in [4.78, 5) is 13.7. The molecule has 0 saturated heterocycles. The summed E-state index contributed by atoms with van der Waals surface area (Å²) in [6.45, 7) is 1.49. The lowest BCUT2D eigenvalue weighted by Gasteiger charge is -2.21. The number of benzene rings is 1. The summed E-state index contributed by atoms with van der Waals surface area (Å²) in [5.74, 6) is -2.57. The highest BCUT2D eigenvalue weighted by Crippen LogP contribution is 2.37. The second-order valence-corrected chi connectivity index (χ2v) is 6.17. The number of hydrogen-bond donors (Lipinski definition) is 0. The minimum Gasteiger partial charge on any atom is -0.293 e. The molecule has 0 aliphatic heterocycles. The van der Waals surface area contributed by atoms with Crippen molar-refractivity contribution in [2.45, 2.75) is 32.1 Å². The van der Waals surface area contributed by atoms with Crippen LogP contribution in [0, 0.1) is 18.6 Å². The van der Waals surface area contributed by atoms with Crippen LogP contribution < -0.4 is 0 Å². The van der Waals surface area contributed by atoms with E-state index in [2.05, 4.69) is 0 Å². The Balaban J connectivity index is 2.01. The molecule has 104 valence electrons. The molecule has 1 aliphatic carbocycles. The first kappa shape index (κ1) is 13.4. The standard InChI is InChI=1S/C16H14F2OS/c1-9-5-6-12(15(18)14(9)17)16(19)11-3-2-4-13-10(11)7-8-20-13/h5-8,11H,2-4H2,1H3. The average Bonchev–Trinajstić information content (AvgIpc) is 2.92. The van der Waals surface area contributed by atoms with Crippen molar-refractivity contribution in [1.82, 2.24) is 0 Å². The zero-order valence-electron chi connectivity index (χ0n) is 11.1. The maximum atomic E-state index is 14.0. The minimum absolute atomic E-state index is 0.128. The van der Waals surface area contributed by atoms with Gasteiger partial charge in [-0.05, 0) is 54.8 Å². The van der Waals surface area contributed by atoms with Crippen LogP contribution in [0.3, 0.4) is 0 Å². The fraction of sp³-hybridized carbons (Fsp3) is 0.312. The predicted molar refractivity (Wildman–Crippen MR) is 75.4 cm³/mol. The van der Waals surface area contributed by atoms with E-state index in [9.17, 15) is 13.6 Å². The highest BCUT2D eigenvalue weighted by Gasteiger charge is 2.30. The summed E-state index contributed by atoms with van der Waals surface area (Å²) in [6.07, 6.45) is 2.60. The molecular formula is C16H14F2OS. The van der Waals surface area contributed by atoms with Gasteiger partial charge in [-0.2, -0.15) is 0 Å². The first-order valence-electron chi connectivity index (χ1n) is 6.64. The molecule has 0 spiro atoms.